The molecule has 26 heavy (non-hydrogen) atoms. The van der Waals surface area contributed by atoms with Gasteiger partial charge in [-0.25, -0.2) is 0 Å². The lowest BCUT2D eigenvalue weighted by atomic mass is 10.1. The fourth-order valence-electron chi connectivity index (χ4n) is 1.86. The van der Waals surface area contributed by atoms with Gasteiger partial charge in [0.05, 0.1) is 10.5 Å². The molecular weight excluding hydrogens is 359 g/mol. The predicted octanol–water partition coefficient (Wildman–Crippen LogP) is 2.48. The van der Waals surface area contributed by atoms with Crippen LogP contribution in [-0.4, -0.2) is 36.0 Å². The maximum Gasteiger partial charge on any atom is 0.416 e. The lowest BCUT2D eigenvalue weighted by Gasteiger charge is -2.14. The van der Waals surface area contributed by atoms with E-state index in [0.717, 1.165) is 6.07 Å². The van der Waals surface area contributed by atoms with E-state index in [-0.39, 0.29) is 5.69 Å². The van der Waals surface area contributed by atoms with Gasteiger partial charge in [-0.15, -0.1) is 0 Å². The first-order valence-corrected chi connectivity index (χ1v) is 7.63. The number of benzene rings is 1. The van der Waals surface area contributed by atoms with E-state index in [1.807, 2.05) is 6.92 Å². The Morgan fingerprint density at radius 1 is 1.35 bits per heavy atom. The zero-order chi connectivity index (χ0) is 19.9. The minimum atomic E-state index is -4.73. The number of hydrogen-bond donors (Lipinski definition) is 2. The Kier molecular flexibility index (Phi) is 7.35. The number of carbonyl (C=O) groups is 2. The lowest BCUT2D eigenvalue weighted by Crippen LogP contribution is -2.37. The van der Waals surface area contributed by atoms with Gasteiger partial charge in [-0.1, -0.05) is 6.92 Å². The molecule has 1 atom stereocenters. The molecule has 1 aromatic rings. The average Bonchev–Trinajstić information content (AvgIpc) is 2.56. The number of alkyl halides is 3. The van der Waals surface area contributed by atoms with Crippen LogP contribution in [-0.2, 0) is 20.5 Å². The highest BCUT2D eigenvalue weighted by atomic mass is 19.4. The van der Waals surface area contributed by atoms with Crippen molar-refractivity contribution in [3.8, 4) is 0 Å². The van der Waals surface area contributed by atoms with Gasteiger partial charge in [-0.2, -0.15) is 13.2 Å². The molecule has 0 bridgehead atoms. The first kappa shape index (κ1) is 21.2. The molecule has 11 heteroatoms. The van der Waals surface area contributed by atoms with E-state index in [9.17, 15) is 32.9 Å². The smallest absolute Gasteiger partial charge is 0.416 e. The molecule has 8 nitrogen and oxygen atoms in total. The standard InChI is InChI=1S/C15H18F3N3O5/c1-3-6-19-14(23)9(2)26-13(22)8-20-11-5-4-10(15(16,17)18)7-12(11)21(24)25/h4-5,7,9,20H,3,6,8H2,1-2H3,(H,19,23)/t9-/m0/s1. The highest BCUT2D eigenvalue weighted by Gasteiger charge is 2.33. The second-order valence-corrected chi connectivity index (χ2v) is 5.26. The molecule has 0 radical (unpaired) electrons. The summed E-state index contributed by atoms with van der Waals surface area (Å²) >= 11 is 0. The minimum absolute atomic E-state index is 0.275. The Morgan fingerprint density at radius 3 is 2.54 bits per heavy atom. The highest BCUT2D eigenvalue weighted by molar-refractivity contribution is 5.84. The van der Waals surface area contributed by atoms with E-state index >= 15 is 0 Å². The van der Waals surface area contributed by atoms with E-state index in [0.29, 0.717) is 25.1 Å². The third-order valence-electron chi connectivity index (χ3n) is 3.17. The number of nitrogens with one attached hydrogen (secondary N) is 2. The van der Waals surface area contributed by atoms with Crippen molar-refractivity contribution in [3.63, 3.8) is 0 Å². The van der Waals surface area contributed by atoms with Crippen LogP contribution in [0.5, 0.6) is 0 Å². The minimum Gasteiger partial charge on any atom is -0.451 e. The molecule has 2 N–H and O–H groups in total. The molecule has 0 heterocycles. The van der Waals surface area contributed by atoms with Gasteiger partial charge in [0.25, 0.3) is 11.6 Å². The Hall–Kier alpha value is -2.85. The van der Waals surface area contributed by atoms with Gasteiger partial charge in [0.2, 0.25) is 0 Å². The molecule has 0 aliphatic rings. The molecule has 0 aromatic heterocycles. The number of carbonyl (C=O) groups excluding carboxylic acids is 2. The van der Waals surface area contributed by atoms with Crippen LogP contribution in [0.4, 0.5) is 24.5 Å². The van der Waals surface area contributed by atoms with Crippen LogP contribution in [0.2, 0.25) is 0 Å². The van der Waals surface area contributed by atoms with Crippen LogP contribution in [0.25, 0.3) is 0 Å². The van der Waals surface area contributed by atoms with E-state index < -0.39 is 46.9 Å². The number of amides is 1. The Morgan fingerprint density at radius 2 is 2.00 bits per heavy atom. The number of esters is 1. The van der Waals surface area contributed by atoms with Crippen LogP contribution in [0.3, 0.4) is 0 Å². The van der Waals surface area contributed by atoms with Crippen LogP contribution >= 0.6 is 0 Å². The first-order valence-electron chi connectivity index (χ1n) is 7.63. The quantitative estimate of drug-likeness (QED) is 0.409. The number of ether oxygens (including phenoxy) is 1. The maximum absolute atomic E-state index is 12.6. The Balaban J connectivity index is 2.73. The number of nitro groups is 1. The van der Waals surface area contributed by atoms with Crippen molar-refractivity contribution < 1.29 is 32.4 Å². The van der Waals surface area contributed by atoms with Gasteiger partial charge in [-0.05, 0) is 25.5 Å². The first-order chi connectivity index (χ1) is 12.1. The average molecular weight is 377 g/mol. The summed E-state index contributed by atoms with van der Waals surface area (Å²) in [6.45, 7) is 3.05. The summed E-state index contributed by atoms with van der Waals surface area (Å²) in [7, 11) is 0. The van der Waals surface area contributed by atoms with Gasteiger partial charge in [0, 0.05) is 12.6 Å². The molecule has 0 aliphatic heterocycles. The van der Waals surface area contributed by atoms with Crippen LogP contribution in [0, 0.1) is 10.1 Å². The molecular formula is C15H18F3N3O5. The summed E-state index contributed by atoms with van der Waals surface area (Å²) in [5.74, 6) is -1.39. The Labute approximate surface area is 146 Å². The third-order valence-corrected chi connectivity index (χ3v) is 3.17. The Bertz CT molecular complexity index is 679. The van der Waals surface area contributed by atoms with Crippen LogP contribution < -0.4 is 10.6 Å². The van der Waals surface area contributed by atoms with Crippen molar-refractivity contribution in [1.29, 1.82) is 0 Å². The molecule has 1 amide bonds. The second kappa shape index (κ2) is 9.02. The van der Waals surface area contributed by atoms with E-state index in [1.165, 1.54) is 6.92 Å². The zero-order valence-corrected chi connectivity index (χ0v) is 14.1. The number of halogens is 3. The van der Waals surface area contributed by atoms with Crippen molar-refractivity contribution >= 4 is 23.3 Å². The second-order valence-electron chi connectivity index (χ2n) is 5.26. The van der Waals surface area contributed by atoms with Crippen molar-refractivity contribution in [2.45, 2.75) is 32.5 Å². The summed E-state index contributed by atoms with van der Waals surface area (Å²) in [5, 5.41) is 15.8. The van der Waals surface area contributed by atoms with Gasteiger partial charge in [0.15, 0.2) is 6.10 Å². The molecule has 144 valence electrons. The summed E-state index contributed by atoms with van der Waals surface area (Å²) in [4.78, 5) is 33.2. The third kappa shape index (κ3) is 6.22. The number of hydrogen-bond acceptors (Lipinski definition) is 6. The summed E-state index contributed by atoms with van der Waals surface area (Å²) in [6, 6.07) is 1.88. The fourth-order valence-corrected chi connectivity index (χ4v) is 1.86. The topological polar surface area (TPSA) is 111 Å². The molecule has 0 unspecified atom stereocenters. The molecule has 0 spiro atoms. The van der Waals surface area contributed by atoms with Crippen LogP contribution in [0.15, 0.2) is 18.2 Å². The summed E-state index contributed by atoms with van der Waals surface area (Å²) in [6.07, 6.45) is -5.10. The van der Waals surface area contributed by atoms with E-state index in [1.54, 1.807) is 0 Å². The monoisotopic (exact) mass is 377 g/mol. The predicted molar refractivity (Wildman–Crippen MR) is 85.4 cm³/mol. The largest absolute Gasteiger partial charge is 0.451 e. The van der Waals surface area contributed by atoms with E-state index in [2.05, 4.69) is 10.6 Å². The fraction of sp³-hybridized carbons (Fsp3) is 0.467. The SMILES string of the molecule is CCCNC(=O)[C@H](C)OC(=O)CNc1ccc(C(F)(F)F)cc1[N+](=O)[O-]. The molecule has 0 saturated heterocycles. The van der Waals surface area contributed by atoms with E-state index in [4.69, 9.17) is 4.74 Å². The number of nitrogens with zero attached hydrogens (tertiary/aromatic N) is 1. The number of nitro benzene ring substituents is 1. The maximum atomic E-state index is 12.6. The number of rotatable bonds is 8. The lowest BCUT2D eigenvalue weighted by molar-refractivity contribution is -0.384. The molecule has 1 rings (SSSR count). The van der Waals surface area contributed by atoms with Gasteiger partial charge < -0.3 is 15.4 Å². The van der Waals surface area contributed by atoms with Gasteiger partial charge in [-0.3, -0.25) is 19.7 Å². The van der Waals surface area contributed by atoms with Crippen molar-refractivity contribution in [3.05, 3.63) is 33.9 Å². The van der Waals surface area contributed by atoms with Gasteiger partial charge in [0.1, 0.15) is 12.2 Å². The van der Waals surface area contributed by atoms with Crippen molar-refractivity contribution in [2.75, 3.05) is 18.4 Å². The molecule has 0 saturated carbocycles. The molecule has 0 fully saturated rings. The highest BCUT2D eigenvalue weighted by Crippen LogP contribution is 2.34. The zero-order valence-electron chi connectivity index (χ0n) is 14.1. The molecule has 1 aromatic carbocycles. The van der Waals surface area contributed by atoms with Crippen LogP contribution in [0.1, 0.15) is 25.8 Å². The number of anilines is 1. The van der Waals surface area contributed by atoms with Gasteiger partial charge >= 0.3 is 12.1 Å². The molecule has 0 aliphatic carbocycles. The van der Waals surface area contributed by atoms with Crippen molar-refractivity contribution in [1.82, 2.24) is 5.32 Å². The normalized spacial score (nSPS) is 12.2. The van der Waals surface area contributed by atoms with Crippen molar-refractivity contribution in [2.24, 2.45) is 0 Å². The summed E-state index contributed by atoms with van der Waals surface area (Å²) in [5.41, 5.74) is -2.29. The summed E-state index contributed by atoms with van der Waals surface area (Å²) < 4.78 is 42.7.